The molecule has 42 heavy (non-hydrogen) atoms. The van der Waals surface area contributed by atoms with Gasteiger partial charge in [0.2, 0.25) is 16.9 Å². The molecule has 1 saturated heterocycles. The molecular formula is C21H22N8O11S2. The van der Waals surface area contributed by atoms with E-state index in [1.807, 2.05) is 0 Å². The van der Waals surface area contributed by atoms with E-state index in [1.165, 1.54) is 25.4 Å². The Morgan fingerprint density at radius 1 is 1.26 bits per heavy atom. The van der Waals surface area contributed by atoms with Crippen LogP contribution in [0.5, 0.6) is 5.75 Å². The van der Waals surface area contributed by atoms with Crippen molar-refractivity contribution >= 4 is 50.1 Å². The lowest BCUT2D eigenvalue weighted by Crippen LogP contribution is -2.64. The van der Waals surface area contributed by atoms with Crippen molar-refractivity contribution in [3.8, 4) is 17.1 Å². The largest absolute Gasteiger partial charge is 0.503 e. The Morgan fingerprint density at radius 3 is 2.55 bits per heavy atom. The second kappa shape index (κ2) is 10.8. The van der Waals surface area contributed by atoms with Gasteiger partial charge in [0.15, 0.2) is 22.4 Å². The van der Waals surface area contributed by atoms with Crippen LogP contribution in [0.2, 0.25) is 0 Å². The van der Waals surface area contributed by atoms with Crippen molar-refractivity contribution in [3.63, 3.8) is 0 Å². The van der Waals surface area contributed by atoms with Crippen LogP contribution in [0.25, 0.3) is 11.4 Å². The number of carboxylic acids is 1. The minimum atomic E-state index is -5.07. The van der Waals surface area contributed by atoms with E-state index in [0.29, 0.717) is 4.73 Å². The average molecular weight is 627 g/mol. The lowest BCUT2D eigenvalue weighted by atomic mass is 9.84. The SMILES string of the molecule is CC(C)(O/N=C(\C(=O)C[C@@H]1C(=O)N(S(=O)(=O)O)[C@@H]1Cn1cc(-c2cc(=O)c(O)cn2O)nn1)c1csc(N)n1)C(=O)O. The molecule has 0 aromatic carbocycles. The number of nitrogen functional groups attached to an aromatic ring is 1. The van der Waals surface area contributed by atoms with Crippen LogP contribution in [0.1, 0.15) is 26.0 Å². The highest BCUT2D eigenvalue weighted by atomic mass is 32.2. The summed E-state index contributed by atoms with van der Waals surface area (Å²) in [7, 11) is -5.07. The fourth-order valence-corrected chi connectivity index (χ4v) is 5.28. The number of ketones is 1. The monoisotopic (exact) mass is 626 g/mol. The number of nitrogens with two attached hydrogens (primary N) is 1. The minimum Gasteiger partial charge on any atom is -0.503 e. The number of pyridine rings is 1. The molecule has 0 bridgehead atoms. The number of aromatic nitrogens is 5. The Morgan fingerprint density at radius 2 is 1.95 bits per heavy atom. The van der Waals surface area contributed by atoms with Crippen LogP contribution < -0.4 is 11.2 Å². The number of carbonyl (C=O) groups excluding carboxylic acids is 2. The van der Waals surface area contributed by atoms with E-state index in [-0.39, 0.29) is 26.5 Å². The third-order valence-electron chi connectivity index (χ3n) is 6.05. The van der Waals surface area contributed by atoms with E-state index in [2.05, 4.69) is 20.5 Å². The second-order valence-corrected chi connectivity index (χ2v) is 11.6. The predicted octanol–water partition coefficient (Wildman–Crippen LogP) is -1.04. The van der Waals surface area contributed by atoms with Gasteiger partial charge in [0.05, 0.1) is 30.9 Å². The Kier molecular flexibility index (Phi) is 7.76. The molecule has 0 radical (unpaired) electrons. The number of aliphatic carboxylic acids is 1. The zero-order valence-corrected chi connectivity index (χ0v) is 23.2. The molecule has 19 nitrogen and oxygen atoms in total. The summed E-state index contributed by atoms with van der Waals surface area (Å²) in [5.41, 5.74) is 2.13. The summed E-state index contributed by atoms with van der Waals surface area (Å²) < 4.78 is 35.1. The molecule has 3 aromatic rings. The van der Waals surface area contributed by atoms with Crippen LogP contribution in [-0.2, 0) is 36.1 Å². The molecule has 1 fully saturated rings. The number of thiazole rings is 1. The van der Waals surface area contributed by atoms with Crippen LogP contribution in [0.3, 0.4) is 0 Å². The van der Waals surface area contributed by atoms with Gasteiger partial charge in [-0.25, -0.2) is 18.8 Å². The van der Waals surface area contributed by atoms with Gasteiger partial charge in [-0.2, -0.15) is 13.1 Å². The molecule has 0 aliphatic carbocycles. The number of nitrogens with zero attached hydrogens (tertiary/aromatic N) is 7. The van der Waals surface area contributed by atoms with E-state index in [0.717, 1.165) is 28.3 Å². The van der Waals surface area contributed by atoms with Gasteiger partial charge in [0.1, 0.15) is 17.1 Å². The highest BCUT2D eigenvalue weighted by Gasteiger charge is 2.54. The van der Waals surface area contributed by atoms with Gasteiger partial charge >= 0.3 is 16.3 Å². The maximum atomic E-state index is 13.3. The van der Waals surface area contributed by atoms with E-state index in [4.69, 9.17) is 10.6 Å². The molecule has 2 atom stereocenters. The number of hydrogen-bond donors (Lipinski definition) is 5. The van der Waals surface area contributed by atoms with Gasteiger partial charge in [-0.15, -0.1) is 16.4 Å². The van der Waals surface area contributed by atoms with Gasteiger partial charge in [-0.05, 0) is 13.8 Å². The number of β-lactam (4-membered cyclic amide) rings is 1. The van der Waals surface area contributed by atoms with Crippen molar-refractivity contribution in [1.29, 1.82) is 0 Å². The van der Waals surface area contributed by atoms with E-state index in [1.54, 1.807) is 0 Å². The predicted molar refractivity (Wildman–Crippen MR) is 140 cm³/mol. The summed E-state index contributed by atoms with van der Waals surface area (Å²) in [5, 5.41) is 41.3. The Bertz CT molecular complexity index is 1780. The normalized spacial score (nSPS) is 17.6. The number of rotatable bonds is 11. The van der Waals surface area contributed by atoms with Gasteiger partial charge in [-0.1, -0.05) is 10.4 Å². The first kappa shape index (κ1) is 30.1. The topological polar surface area (TPSA) is 283 Å². The number of aromatic hydroxyl groups is 1. The lowest BCUT2D eigenvalue weighted by Gasteiger charge is -2.43. The highest BCUT2D eigenvalue weighted by molar-refractivity contribution is 7.84. The molecule has 0 saturated carbocycles. The molecule has 224 valence electrons. The first-order valence-corrected chi connectivity index (χ1v) is 13.9. The molecule has 1 aliphatic heterocycles. The molecule has 6 N–H and O–H groups in total. The van der Waals surface area contributed by atoms with Gasteiger partial charge in [0, 0.05) is 17.9 Å². The smallest absolute Gasteiger partial charge is 0.362 e. The number of oxime groups is 1. The molecular weight excluding hydrogens is 604 g/mol. The number of hydrogen-bond acceptors (Lipinski definition) is 15. The fraction of sp³-hybridized carbons (Fsp3) is 0.333. The Hall–Kier alpha value is -4.89. The first-order chi connectivity index (χ1) is 19.5. The second-order valence-electron chi connectivity index (χ2n) is 9.41. The summed E-state index contributed by atoms with van der Waals surface area (Å²) in [5.74, 6) is -5.48. The molecule has 21 heteroatoms. The number of Topliss-reactive ketones (excluding diaryl/α,β-unsaturated/α-hetero) is 1. The van der Waals surface area contributed by atoms with E-state index < -0.39 is 75.4 Å². The zero-order valence-electron chi connectivity index (χ0n) is 21.5. The molecule has 0 unspecified atom stereocenters. The zero-order chi connectivity index (χ0) is 31.1. The van der Waals surface area contributed by atoms with Gasteiger partial charge in [-0.3, -0.25) is 18.9 Å². The third-order valence-corrected chi connectivity index (χ3v) is 7.67. The van der Waals surface area contributed by atoms with Crippen LogP contribution in [0.15, 0.2) is 33.8 Å². The molecule has 1 amide bonds. The molecule has 3 aromatic heterocycles. The van der Waals surface area contributed by atoms with Crippen molar-refractivity contribution in [2.45, 2.75) is 38.5 Å². The van der Waals surface area contributed by atoms with Crippen molar-refractivity contribution in [3.05, 3.63) is 39.8 Å². The standard InChI is InChI=1S/C21H22N8O11S2/c1-21(2,19(34)35)40-25-17(11-8-41-20(22)23-11)15(31)3-9-13(29(18(9)33)42(37,38)39)6-27-5-10(24-26-27)12-4-14(30)16(32)7-28(12)36/h4-5,7-9,13,32,36H,3,6H2,1-2H3,(H2,22,23)(H,34,35)(H,37,38,39)/b25-17-/t9-,13+/m0/s1. The number of anilines is 1. The summed E-state index contributed by atoms with van der Waals surface area (Å²) >= 11 is 0.941. The fourth-order valence-electron chi connectivity index (χ4n) is 3.82. The molecule has 0 spiro atoms. The van der Waals surface area contributed by atoms with Crippen molar-refractivity contribution in [2.75, 3.05) is 5.73 Å². The van der Waals surface area contributed by atoms with Crippen molar-refractivity contribution in [1.82, 2.24) is 29.0 Å². The number of amides is 1. The highest BCUT2D eigenvalue weighted by Crippen LogP contribution is 2.34. The minimum absolute atomic E-state index is 0.0436. The van der Waals surface area contributed by atoms with Gasteiger partial charge < -0.3 is 26.0 Å². The number of carbonyl (C=O) groups is 3. The number of carboxylic acid groups (broad SMARTS) is 1. The first-order valence-electron chi connectivity index (χ1n) is 11.6. The van der Waals surface area contributed by atoms with E-state index in [9.17, 15) is 47.6 Å². The molecule has 4 heterocycles. The summed E-state index contributed by atoms with van der Waals surface area (Å²) in [6.07, 6.45) is 1.23. The summed E-state index contributed by atoms with van der Waals surface area (Å²) in [6.45, 7) is 1.92. The lowest BCUT2D eigenvalue weighted by molar-refractivity contribution is -0.161. The van der Waals surface area contributed by atoms with Crippen LogP contribution in [0.4, 0.5) is 5.13 Å². The molecule has 1 aliphatic rings. The van der Waals surface area contributed by atoms with Crippen LogP contribution in [0, 0.1) is 5.92 Å². The van der Waals surface area contributed by atoms with Crippen LogP contribution in [-0.4, -0.2) is 92.4 Å². The third kappa shape index (κ3) is 5.91. The quantitative estimate of drug-likeness (QED) is 0.0558. The van der Waals surface area contributed by atoms with Crippen molar-refractivity contribution < 1.29 is 47.6 Å². The molecule has 4 rings (SSSR count). The van der Waals surface area contributed by atoms with Crippen molar-refractivity contribution in [2.24, 2.45) is 11.1 Å². The maximum Gasteiger partial charge on any atom is 0.362 e. The van der Waals surface area contributed by atoms with Crippen LogP contribution >= 0.6 is 11.3 Å². The maximum absolute atomic E-state index is 13.3. The van der Waals surface area contributed by atoms with Gasteiger partial charge in [0.25, 0.3) is 0 Å². The Labute approximate surface area is 238 Å². The van der Waals surface area contributed by atoms with E-state index >= 15 is 0 Å². The average Bonchev–Trinajstić information content (AvgIpc) is 3.52. The summed E-state index contributed by atoms with van der Waals surface area (Å²) in [6, 6.07) is -0.497. The summed E-state index contributed by atoms with van der Waals surface area (Å²) in [4.78, 5) is 58.2. The Balaban J connectivity index is 1.62.